The van der Waals surface area contributed by atoms with Gasteiger partial charge in [0, 0.05) is 13.1 Å². The van der Waals surface area contributed by atoms with Gasteiger partial charge in [0.15, 0.2) is 0 Å². The molecule has 0 fully saturated rings. The molecular weight excluding hydrogens is 333 g/mol. The summed E-state index contributed by atoms with van der Waals surface area (Å²) >= 11 is 0. The molecule has 1 N–H and O–H groups in total. The summed E-state index contributed by atoms with van der Waals surface area (Å²) in [5, 5.41) is -3.14. The molecule has 0 aliphatic heterocycles. The van der Waals surface area contributed by atoms with Crippen LogP contribution in [-0.4, -0.2) is 48.5 Å². The first-order valence-electron chi connectivity index (χ1n) is 7.43. The molecule has 0 aromatic rings. The monoisotopic (exact) mass is 361 g/mol. The van der Waals surface area contributed by atoms with Gasteiger partial charge in [0.05, 0.1) is 0 Å². The molecule has 0 saturated heterocycles. The van der Waals surface area contributed by atoms with E-state index in [1.165, 1.54) is 0 Å². The van der Waals surface area contributed by atoms with Crippen LogP contribution in [0.1, 0.15) is 60.3 Å². The normalized spacial score (nSPS) is 16.7. The first kappa shape index (κ1) is 21.8. The summed E-state index contributed by atoms with van der Waals surface area (Å²) in [6, 6.07) is 0. The summed E-state index contributed by atoms with van der Waals surface area (Å²) in [6.45, 7) is 6.44. The quantitative estimate of drug-likeness (QED) is 0.604. The molecule has 9 heteroatoms. The lowest BCUT2D eigenvalue weighted by Gasteiger charge is -2.37. The molecule has 0 radical (unpaired) electrons. The summed E-state index contributed by atoms with van der Waals surface area (Å²) < 4.78 is 70.9. The van der Waals surface area contributed by atoms with Gasteiger partial charge in [-0.1, -0.05) is 26.7 Å². The molecule has 0 aliphatic carbocycles. The SMILES string of the molecule is CCCCN(CCCC)S(=O)(=O)C(C)(F)C(C)(C)S(=O)(=O)O. The van der Waals surface area contributed by atoms with Gasteiger partial charge in [-0.2, -0.15) is 12.7 Å². The Kier molecular flexibility index (Phi) is 7.46. The van der Waals surface area contributed by atoms with Crippen LogP contribution in [0.5, 0.6) is 0 Å². The van der Waals surface area contributed by atoms with E-state index in [1.807, 2.05) is 13.8 Å². The molecule has 0 aliphatic rings. The first-order valence-corrected chi connectivity index (χ1v) is 10.3. The molecule has 0 aromatic heterocycles. The number of sulfonamides is 1. The van der Waals surface area contributed by atoms with Gasteiger partial charge >= 0.3 is 0 Å². The van der Waals surface area contributed by atoms with Crippen molar-refractivity contribution in [1.82, 2.24) is 4.31 Å². The van der Waals surface area contributed by atoms with Crippen molar-refractivity contribution >= 4 is 20.1 Å². The molecule has 134 valence electrons. The molecule has 0 bridgehead atoms. The molecule has 0 aromatic carbocycles. The average Bonchev–Trinajstić information content (AvgIpc) is 2.36. The first-order chi connectivity index (χ1) is 9.77. The zero-order valence-electron chi connectivity index (χ0n) is 14.0. The summed E-state index contributed by atoms with van der Waals surface area (Å²) in [5.41, 5.74) is 0. The maximum absolute atomic E-state index is 15.1. The van der Waals surface area contributed by atoms with Crippen molar-refractivity contribution in [3.05, 3.63) is 0 Å². The van der Waals surface area contributed by atoms with Gasteiger partial charge in [-0.05, 0) is 33.6 Å². The smallest absolute Gasteiger partial charge is 0.274 e. The van der Waals surface area contributed by atoms with Crippen molar-refractivity contribution in [3.63, 3.8) is 0 Å². The van der Waals surface area contributed by atoms with Crippen LogP contribution in [0.4, 0.5) is 4.39 Å². The number of alkyl halides is 1. The van der Waals surface area contributed by atoms with E-state index in [9.17, 15) is 21.4 Å². The lowest BCUT2D eigenvalue weighted by atomic mass is 10.1. The van der Waals surface area contributed by atoms with E-state index in [0.29, 0.717) is 19.8 Å². The maximum Gasteiger partial charge on any atom is 0.274 e. The summed E-state index contributed by atoms with van der Waals surface area (Å²) in [4.78, 5) is 0. The minimum Gasteiger partial charge on any atom is -0.285 e. The van der Waals surface area contributed by atoms with Crippen LogP contribution in [-0.2, 0) is 20.1 Å². The van der Waals surface area contributed by atoms with E-state index < -0.39 is 29.9 Å². The van der Waals surface area contributed by atoms with Crippen molar-refractivity contribution < 1.29 is 25.8 Å². The zero-order chi connectivity index (χ0) is 17.8. The average molecular weight is 362 g/mol. The Hall–Kier alpha value is -0.250. The minimum atomic E-state index is -4.90. The predicted molar refractivity (Wildman–Crippen MR) is 85.4 cm³/mol. The van der Waals surface area contributed by atoms with E-state index in [1.54, 1.807) is 0 Å². The van der Waals surface area contributed by atoms with Crippen LogP contribution in [0.3, 0.4) is 0 Å². The number of rotatable bonds is 10. The molecule has 0 amide bonds. The van der Waals surface area contributed by atoms with Gasteiger partial charge in [-0.3, -0.25) is 4.55 Å². The van der Waals surface area contributed by atoms with Gasteiger partial charge < -0.3 is 0 Å². The number of hydrogen-bond donors (Lipinski definition) is 1. The molecule has 22 heavy (non-hydrogen) atoms. The molecule has 6 nitrogen and oxygen atoms in total. The molecular formula is C13H28FNO5S2. The highest BCUT2D eigenvalue weighted by Gasteiger charge is 2.60. The van der Waals surface area contributed by atoms with Crippen molar-refractivity contribution in [2.45, 2.75) is 70.0 Å². The summed E-state index contributed by atoms with van der Waals surface area (Å²) in [7, 11) is -9.46. The fourth-order valence-corrected chi connectivity index (χ4v) is 4.74. The number of halogens is 1. The highest BCUT2D eigenvalue weighted by Crippen LogP contribution is 2.39. The molecule has 0 rings (SSSR count). The van der Waals surface area contributed by atoms with E-state index >= 15 is 4.39 Å². The van der Waals surface area contributed by atoms with E-state index in [4.69, 9.17) is 0 Å². The molecule has 0 saturated carbocycles. The lowest BCUT2D eigenvalue weighted by molar-refractivity contribution is 0.207. The van der Waals surface area contributed by atoms with Crippen LogP contribution in [0.2, 0.25) is 0 Å². The second-order valence-electron chi connectivity index (χ2n) is 6.01. The summed E-state index contributed by atoms with van der Waals surface area (Å²) in [5.74, 6) is 0. The number of unbranched alkanes of at least 4 members (excludes halogenated alkanes) is 2. The van der Waals surface area contributed by atoms with E-state index in [2.05, 4.69) is 0 Å². The second kappa shape index (κ2) is 7.55. The topological polar surface area (TPSA) is 91.8 Å². The fraction of sp³-hybridized carbons (Fsp3) is 1.00. The molecule has 0 heterocycles. The number of nitrogens with zero attached hydrogens (tertiary/aromatic N) is 1. The van der Waals surface area contributed by atoms with Gasteiger partial charge in [0.1, 0.15) is 4.75 Å². The highest BCUT2D eigenvalue weighted by molar-refractivity contribution is 7.93. The van der Waals surface area contributed by atoms with Crippen molar-refractivity contribution in [2.75, 3.05) is 13.1 Å². The fourth-order valence-electron chi connectivity index (χ4n) is 1.80. The van der Waals surface area contributed by atoms with Crippen molar-refractivity contribution in [2.24, 2.45) is 0 Å². The van der Waals surface area contributed by atoms with Crippen LogP contribution in [0.25, 0.3) is 0 Å². The third-order valence-electron chi connectivity index (χ3n) is 4.07. The van der Waals surface area contributed by atoms with Gasteiger partial charge in [0.25, 0.3) is 20.1 Å². The van der Waals surface area contributed by atoms with Gasteiger partial charge in [-0.15, -0.1) is 0 Å². The third-order valence-corrected chi connectivity index (χ3v) is 8.39. The Morgan fingerprint density at radius 3 is 1.59 bits per heavy atom. The Morgan fingerprint density at radius 1 is 0.955 bits per heavy atom. The molecule has 0 spiro atoms. The van der Waals surface area contributed by atoms with Crippen LogP contribution in [0.15, 0.2) is 0 Å². The Morgan fingerprint density at radius 2 is 1.32 bits per heavy atom. The van der Waals surface area contributed by atoms with Crippen LogP contribution < -0.4 is 0 Å². The predicted octanol–water partition coefficient (Wildman–Crippen LogP) is 2.57. The Bertz CT molecular complexity index is 547. The number of hydrogen-bond acceptors (Lipinski definition) is 4. The summed E-state index contributed by atoms with van der Waals surface area (Å²) in [6.07, 6.45) is 2.54. The maximum atomic E-state index is 15.1. The van der Waals surface area contributed by atoms with Crippen LogP contribution in [0, 0.1) is 0 Å². The Balaban J connectivity index is 5.81. The third kappa shape index (κ3) is 4.18. The standard InChI is InChI=1S/C13H28FNO5S2/c1-6-8-10-15(11-9-7-2)21(16,17)13(5,14)12(3,4)22(18,19)20/h6-11H2,1-5H3,(H,18,19,20). The van der Waals surface area contributed by atoms with Crippen molar-refractivity contribution in [3.8, 4) is 0 Å². The van der Waals surface area contributed by atoms with Gasteiger partial charge in [-0.25, -0.2) is 12.8 Å². The van der Waals surface area contributed by atoms with Gasteiger partial charge in [0.2, 0.25) is 5.00 Å². The van der Waals surface area contributed by atoms with E-state index in [0.717, 1.165) is 31.0 Å². The molecule has 1 atom stereocenters. The van der Waals surface area contributed by atoms with Crippen LogP contribution >= 0.6 is 0 Å². The lowest BCUT2D eigenvalue weighted by Crippen LogP contribution is -2.59. The second-order valence-corrected chi connectivity index (χ2v) is 10.2. The highest BCUT2D eigenvalue weighted by atomic mass is 32.2. The van der Waals surface area contributed by atoms with E-state index in [-0.39, 0.29) is 13.1 Å². The van der Waals surface area contributed by atoms with Crippen molar-refractivity contribution in [1.29, 1.82) is 0 Å². The zero-order valence-corrected chi connectivity index (χ0v) is 15.6. The largest absolute Gasteiger partial charge is 0.285 e. The minimum absolute atomic E-state index is 0.125. The molecule has 1 unspecified atom stereocenters. The Labute approximate surface area is 133 Å².